The fourth-order valence-electron chi connectivity index (χ4n) is 1.58. The largest absolute Gasteiger partial charge is 0.469 e. The molecule has 19 heavy (non-hydrogen) atoms. The molecule has 0 saturated heterocycles. The maximum atomic E-state index is 13.6. The number of nitrogens with two attached hydrogens (primary N) is 1. The van der Waals surface area contributed by atoms with E-state index in [1.807, 2.05) is 0 Å². The van der Waals surface area contributed by atoms with E-state index in [1.165, 1.54) is 13.8 Å². The fraction of sp³-hybridized carbons (Fsp3) is 0.417. The zero-order valence-corrected chi connectivity index (χ0v) is 11.5. The van der Waals surface area contributed by atoms with Crippen LogP contribution in [0.2, 0.25) is 0 Å². The second-order valence-electron chi connectivity index (χ2n) is 4.48. The molecule has 0 aromatic heterocycles. The number of carbonyl (C=O) groups excluding carboxylic acids is 1. The van der Waals surface area contributed by atoms with Gasteiger partial charge >= 0.3 is 5.97 Å². The Morgan fingerprint density at radius 3 is 2.32 bits per heavy atom. The number of hydrogen-bond donors (Lipinski definition) is 1. The Bertz CT molecular complexity index is 480. The summed E-state index contributed by atoms with van der Waals surface area (Å²) in [5, 5.41) is 0. The van der Waals surface area contributed by atoms with Crippen LogP contribution < -0.4 is 5.73 Å². The highest BCUT2D eigenvalue weighted by Crippen LogP contribution is 2.34. The van der Waals surface area contributed by atoms with Gasteiger partial charge in [-0.2, -0.15) is 0 Å². The summed E-state index contributed by atoms with van der Waals surface area (Å²) >= 11 is 0. The molecular formula is C12H15ClF3NO2. The molecule has 2 N–H and O–H groups in total. The second kappa shape index (κ2) is 6.25. The van der Waals surface area contributed by atoms with Crippen LogP contribution in [-0.4, -0.2) is 13.1 Å². The van der Waals surface area contributed by atoms with Crippen molar-refractivity contribution in [1.29, 1.82) is 0 Å². The first-order valence-corrected chi connectivity index (χ1v) is 5.20. The number of rotatable bonds is 3. The molecule has 1 atom stereocenters. The van der Waals surface area contributed by atoms with E-state index in [1.54, 1.807) is 0 Å². The lowest BCUT2D eigenvalue weighted by Gasteiger charge is -2.29. The van der Waals surface area contributed by atoms with Crippen LogP contribution in [0.1, 0.15) is 25.5 Å². The molecule has 108 valence electrons. The molecule has 0 aliphatic rings. The molecule has 0 spiro atoms. The van der Waals surface area contributed by atoms with Gasteiger partial charge in [-0.15, -0.1) is 12.4 Å². The molecule has 0 aliphatic carbocycles. The van der Waals surface area contributed by atoms with E-state index in [0.29, 0.717) is 6.07 Å². The molecule has 0 amide bonds. The van der Waals surface area contributed by atoms with Gasteiger partial charge in [0.15, 0.2) is 11.6 Å². The van der Waals surface area contributed by atoms with Crippen molar-refractivity contribution >= 4 is 18.4 Å². The Hall–Kier alpha value is -1.27. The summed E-state index contributed by atoms with van der Waals surface area (Å²) in [6.07, 6.45) is 0. The summed E-state index contributed by atoms with van der Waals surface area (Å²) in [4.78, 5) is 11.5. The minimum absolute atomic E-state index is 0. The Morgan fingerprint density at radius 1 is 1.32 bits per heavy atom. The van der Waals surface area contributed by atoms with Gasteiger partial charge in [0.05, 0.1) is 12.5 Å². The first kappa shape index (κ1) is 17.7. The van der Waals surface area contributed by atoms with Gasteiger partial charge in [0.2, 0.25) is 0 Å². The van der Waals surface area contributed by atoms with Crippen LogP contribution >= 0.6 is 12.4 Å². The predicted octanol–water partition coefficient (Wildman–Crippen LogP) is 2.72. The van der Waals surface area contributed by atoms with Crippen LogP contribution in [0.25, 0.3) is 0 Å². The molecule has 1 rings (SSSR count). The van der Waals surface area contributed by atoms with Crippen molar-refractivity contribution in [3.63, 3.8) is 0 Å². The van der Waals surface area contributed by atoms with Gasteiger partial charge < -0.3 is 10.5 Å². The molecule has 0 radical (unpaired) electrons. The van der Waals surface area contributed by atoms with Gasteiger partial charge in [-0.25, -0.2) is 13.2 Å². The minimum atomic E-state index is -1.35. The van der Waals surface area contributed by atoms with Crippen LogP contribution in [0, 0.1) is 22.9 Å². The zero-order chi connectivity index (χ0) is 14.1. The van der Waals surface area contributed by atoms with Crippen LogP contribution in [0.5, 0.6) is 0 Å². The Labute approximate surface area is 115 Å². The molecule has 0 saturated carbocycles. The highest BCUT2D eigenvalue weighted by Gasteiger charge is 2.38. The Balaban J connectivity index is 0.00000324. The fourth-order valence-corrected chi connectivity index (χ4v) is 1.58. The van der Waals surface area contributed by atoms with Crippen molar-refractivity contribution < 1.29 is 22.7 Å². The standard InChI is InChI=1S/C12H14F3NO2.ClH/c1-12(2,11(17)18-3)10(16)7-4-6(13)5-8(14)9(7)15;/h4-5,10H,16H2,1-3H3;1H/t10-;/m1./s1. The summed E-state index contributed by atoms with van der Waals surface area (Å²) in [6.45, 7) is 2.82. The zero-order valence-electron chi connectivity index (χ0n) is 10.7. The molecule has 3 nitrogen and oxygen atoms in total. The average Bonchev–Trinajstić information content (AvgIpc) is 2.31. The third kappa shape index (κ3) is 3.39. The summed E-state index contributed by atoms with van der Waals surface area (Å²) in [7, 11) is 1.15. The molecular weight excluding hydrogens is 283 g/mol. The lowest BCUT2D eigenvalue weighted by Crippen LogP contribution is -2.38. The van der Waals surface area contributed by atoms with Crippen molar-refractivity contribution in [2.75, 3.05) is 7.11 Å². The lowest BCUT2D eigenvalue weighted by molar-refractivity contribution is -0.152. The number of methoxy groups -OCH3 is 1. The topological polar surface area (TPSA) is 52.3 Å². The van der Waals surface area contributed by atoms with Crippen molar-refractivity contribution in [2.24, 2.45) is 11.1 Å². The normalized spacial score (nSPS) is 12.6. The van der Waals surface area contributed by atoms with E-state index in [2.05, 4.69) is 4.74 Å². The third-order valence-corrected chi connectivity index (χ3v) is 2.85. The highest BCUT2D eigenvalue weighted by molar-refractivity contribution is 5.85. The predicted molar refractivity (Wildman–Crippen MR) is 66.3 cm³/mol. The van der Waals surface area contributed by atoms with E-state index < -0.39 is 40.4 Å². The van der Waals surface area contributed by atoms with Gasteiger partial charge in [0.25, 0.3) is 0 Å². The maximum absolute atomic E-state index is 13.6. The monoisotopic (exact) mass is 297 g/mol. The summed E-state index contributed by atoms with van der Waals surface area (Å²) in [5.41, 5.74) is 4.00. The van der Waals surface area contributed by atoms with Gasteiger partial charge in [0.1, 0.15) is 5.82 Å². The first-order valence-electron chi connectivity index (χ1n) is 5.20. The quantitative estimate of drug-likeness (QED) is 0.689. The molecule has 1 aromatic rings. The van der Waals surface area contributed by atoms with Crippen molar-refractivity contribution in [1.82, 2.24) is 0 Å². The van der Waals surface area contributed by atoms with Gasteiger partial charge in [-0.05, 0) is 19.9 Å². The lowest BCUT2D eigenvalue weighted by atomic mass is 9.81. The molecule has 0 unspecified atom stereocenters. The van der Waals surface area contributed by atoms with Crippen LogP contribution in [-0.2, 0) is 9.53 Å². The SMILES string of the molecule is COC(=O)C(C)(C)[C@H](N)c1cc(F)cc(F)c1F.Cl. The van der Waals surface area contributed by atoms with Gasteiger partial charge in [-0.3, -0.25) is 4.79 Å². The molecule has 1 aromatic carbocycles. The minimum Gasteiger partial charge on any atom is -0.469 e. The number of carbonyl (C=O) groups is 1. The van der Waals surface area contributed by atoms with Gasteiger partial charge in [0, 0.05) is 17.7 Å². The molecule has 0 heterocycles. The average molecular weight is 298 g/mol. The van der Waals surface area contributed by atoms with E-state index >= 15 is 0 Å². The van der Waals surface area contributed by atoms with E-state index in [0.717, 1.165) is 13.2 Å². The van der Waals surface area contributed by atoms with Crippen molar-refractivity contribution in [2.45, 2.75) is 19.9 Å². The molecule has 0 aliphatic heterocycles. The Kier molecular flexibility index (Phi) is 5.83. The van der Waals surface area contributed by atoms with Crippen LogP contribution in [0.3, 0.4) is 0 Å². The van der Waals surface area contributed by atoms with Crippen molar-refractivity contribution in [3.8, 4) is 0 Å². The van der Waals surface area contributed by atoms with Crippen LogP contribution in [0.4, 0.5) is 13.2 Å². The number of esters is 1. The number of benzene rings is 1. The second-order valence-corrected chi connectivity index (χ2v) is 4.48. The number of ether oxygens (including phenoxy) is 1. The summed E-state index contributed by atoms with van der Waals surface area (Å²) in [6, 6.07) is -0.0417. The highest BCUT2D eigenvalue weighted by atomic mass is 35.5. The maximum Gasteiger partial charge on any atom is 0.313 e. The van der Waals surface area contributed by atoms with Crippen molar-refractivity contribution in [3.05, 3.63) is 35.1 Å². The third-order valence-electron chi connectivity index (χ3n) is 2.85. The van der Waals surface area contributed by atoms with E-state index in [-0.39, 0.29) is 12.4 Å². The summed E-state index contributed by atoms with van der Waals surface area (Å²) in [5.74, 6) is -4.26. The van der Waals surface area contributed by atoms with Crippen LogP contribution in [0.15, 0.2) is 12.1 Å². The first-order chi connectivity index (χ1) is 8.21. The number of halogens is 4. The smallest absolute Gasteiger partial charge is 0.313 e. The van der Waals surface area contributed by atoms with Gasteiger partial charge in [-0.1, -0.05) is 0 Å². The summed E-state index contributed by atoms with van der Waals surface area (Å²) < 4.78 is 44.2. The Morgan fingerprint density at radius 2 is 1.84 bits per heavy atom. The molecule has 0 fully saturated rings. The van der Waals surface area contributed by atoms with E-state index in [4.69, 9.17) is 5.73 Å². The van der Waals surface area contributed by atoms with E-state index in [9.17, 15) is 18.0 Å². The molecule has 7 heteroatoms. The number of hydrogen-bond acceptors (Lipinski definition) is 3. The molecule has 0 bridgehead atoms.